The quantitative estimate of drug-likeness (QED) is 0.413. The molecule has 0 spiro atoms. The van der Waals surface area contributed by atoms with E-state index in [1.807, 2.05) is 0 Å². The molecule has 2 atom stereocenters. The lowest BCUT2D eigenvalue weighted by Gasteiger charge is -2.12. The molecular weight excluding hydrogens is 184 g/mol. The van der Waals surface area contributed by atoms with Gasteiger partial charge in [-0.3, -0.25) is 5.10 Å². The molecule has 14 heavy (non-hydrogen) atoms. The van der Waals surface area contributed by atoms with Gasteiger partial charge in [0, 0.05) is 24.3 Å². The minimum atomic E-state index is -0.865. The number of nitrogens with one attached hydrogen (secondary N) is 1. The van der Waals surface area contributed by atoms with E-state index >= 15 is 0 Å². The van der Waals surface area contributed by atoms with Gasteiger partial charge in [0.2, 0.25) is 0 Å². The van der Waals surface area contributed by atoms with Gasteiger partial charge in [-0.15, -0.1) is 0 Å². The van der Waals surface area contributed by atoms with Crippen molar-refractivity contribution in [1.29, 1.82) is 0 Å². The van der Waals surface area contributed by atoms with E-state index in [1.165, 1.54) is 0 Å². The smallest absolute Gasteiger partial charge is 0.110 e. The third kappa shape index (κ3) is 1.93. The van der Waals surface area contributed by atoms with E-state index in [1.54, 1.807) is 6.92 Å². The molecular formula is C8H16N4O2. The van der Waals surface area contributed by atoms with Crippen molar-refractivity contribution in [3.05, 3.63) is 17.0 Å². The molecule has 0 bridgehead atoms. The van der Waals surface area contributed by atoms with Gasteiger partial charge in [-0.05, 0) is 6.92 Å². The minimum Gasteiger partial charge on any atom is -0.387 e. The van der Waals surface area contributed by atoms with Crippen molar-refractivity contribution in [3.63, 3.8) is 0 Å². The molecule has 7 N–H and O–H groups in total. The summed E-state index contributed by atoms with van der Waals surface area (Å²) in [5.74, 6) is 0. The molecule has 0 radical (unpaired) electrons. The fourth-order valence-electron chi connectivity index (χ4n) is 1.36. The number of H-pyrrole nitrogens is 1. The average molecular weight is 200 g/mol. The second kappa shape index (κ2) is 4.52. The number of aromatic amines is 1. The Hall–Kier alpha value is -0.950. The van der Waals surface area contributed by atoms with Gasteiger partial charge in [-0.2, -0.15) is 5.10 Å². The molecule has 1 rings (SSSR count). The first-order chi connectivity index (χ1) is 6.61. The zero-order chi connectivity index (χ0) is 10.7. The fourth-order valence-corrected chi connectivity index (χ4v) is 1.36. The van der Waals surface area contributed by atoms with Crippen LogP contribution in [0.2, 0.25) is 0 Å². The number of aromatic nitrogens is 2. The van der Waals surface area contributed by atoms with Crippen LogP contribution in [0.15, 0.2) is 0 Å². The number of rotatable bonds is 4. The van der Waals surface area contributed by atoms with Gasteiger partial charge in [0.15, 0.2) is 0 Å². The lowest BCUT2D eigenvalue weighted by Crippen LogP contribution is -2.18. The maximum atomic E-state index is 9.59. The van der Waals surface area contributed by atoms with Crippen molar-refractivity contribution in [2.45, 2.75) is 19.1 Å². The van der Waals surface area contributed by atoms with E-state index in [-0.39, 0.29) is 13.1 Å². The summed E-state index contributed by atoms with van der Waals surface area (Å²) in [6.07, 6.45) is -1.68. The normalized spacial score (nSPS) is 15.5. The number of aliphatic hydroxyl groups excluding tert-OH is 2. The van der Waals surface area contributed by atoms with E-state index < -0.39 is 12.2 Å². The van der Waals surface area contributed by atoms with Gasteiger partial charge < -0.3 is 21.7 Å². The van der Waals surface area contributed by atoms with E-state index in [0.717, 1.165) is 0 Å². The van der Waals surface area contributed by atoms with Crippen LogP contribution in [0.1, 0.15) is 29.2 Å². The Labute approximate surface area is 81.9 Å². The van der Waals surface area contributed by atoms with Crippen LogP contribution in [0.5, 0.6) is 0 Å². The lowest BCUT2D eigenvalue weighted by molar-refractivity contribution is 0.160. The first kappa shape index (κ1) is 11.1. The summed E-state index contributed by atoms with van der Waals surface area (Å²) < 4.78 is 0. The van der Waals surface area contributed by atoms with Crippen LogP contribution >= 0.6 is 0 Å². The summed E-state index contributed by atoms with van der Waals surface area (Å²) >= 11 is 0. The van der Waals surface area contributed by atoms with Crippen LogP contribution in [0.25, 0.3) is 0 Å². The Morgan fingerprint density at radius 1 is 1.29 bits per heavy atom. The molecule has 1 aromatic heterocycles. The Balaban J connectivity index is 3.05. The highest BCUT2D eigenvalue weighted by molar-refractivity contribution is 5.28. The second-order valence-corrected chi connectivity index (χ2v) is 3.15. The molecule has 0 aliphatic heterocycles. The average Bonchev–Trinajstić information content (AvgIpc) is 2.58. The van der Waals surface area contributed by atoms with Gasteiger partial charge in [0.05, 0.1) is 11.8 Å². The van der Waals surface area contributed by atoms with E-state index in [9.17, 15) is 10.2 Å². The molecule has 6 nitrogen and oxygen atoms in total. The van der Waals surface area contributed by atoms with Crippen molar-refractivity contribution in [2.24, 2.45) is 11.5 Å². The van der Waals surface area contributed by atoms with Crippen molar-refractivity contribution in [2.75, 3.05) is 13.1 Å². The van der Waals surface area contributed by atoms with Crippen LogP contribution in [0.3, 0.4) is 0 Å². The SMILES string of the molecule is Cc1[nH]nc(C(O)CN)c1C(O)CN. The van der Waals surface area contributed by atoms with Crippen molar-refractivity contribution >= 4 is 0 Å². The number of nitrogens with zero attached hydrogens (tertiary/aromatic N) is 1. The lowest BCUT2D eigenvalue weighted by atomic mass is 10.0. The zero-order valence-electron chi connectivity index (χ0n) is 8.07. The molecule has 6 heteroatoms. The first-order valence-corrected chi connectivity index (χ1v) is 4.42. The van der Waals surface area contributed by atoms with Gasteiger partial charge >= 0.3 is 0 Å². The Kier molecular flexibility index (Phi) is 3.59. The Morgan fingerprint density at radius 2 is 1.86 bits per heavy atom. The Morgan fingerprint density at radius 3 is 2.36 bits per heavy atom. The monoisotopic (exact) mass is 200 g/mol. The molecule has 0 amide bonds. The zero-order valence-corrected chi connectivity index (χ0v) is 8.07. The summed E-state index contributed by atoms with van der Waals surface area (Å²) in [6, 6.07) is 0. The number of hydrogen-bond donors (Lipinski definition) is 5. The number of hydrogen-bond acceptors (Lipinski definition) is 5. The summed E-state index contributed by atoms with van der Waals surface area (Å²) in [4.78, 5) is 0. The van der Waals surface area contributed by atoms with Crippen LogP contribution in [0, 0.1) is 6.92 Å². The fraction of sp³-hybridized carbons (Fsp3) is 0.625. The number of nitrogens with two attached hydrogens (primary N) is 2. The summed E-state index contributed by atoms with van der Waals surface area (Å²) in [5, 5.41) is 25.7. The van der Waals surface area contributed by atoms with Gasteiger partial charge in [-0.1, -0.05) is 0 Å². The molecule has 0 fully saturated rings. The topological polar surface area (TPSA) is 121 Å². The van der Waals surface area contributed by atoms with E-state index in [0.29, 0.717) is 17.0 Å². The number of aryl methyl sites for hydroxylation is 1. The summed E-state index contributed by atoms with van der Waals surface area (Å²) in [5.41, 5.74) is 12.3. The highest BCUT2D eigenvalue weighted by Crippen LogP contribution is 2.23. The van der Waals surface area contributed by atoms with E-state index in [4.69, 9.17) is 11.5 Å². The van der Waals surface area contributed by atoms with Crippen molar-refractivity contribution in [3.8, 4) is 0 Å². The first-order valence-electron chi connectivity index (χ1n) is 4.42. The van der Waals surface area contributed by atoms with Gasteiger partial charge in [0.25, 0.3) is 0 Å². The second-order valence-electron chi connectivity index (χ2n) is 3.15. The Bertz CT molecular complexity index is 300. The standard InChI is InChI=1S/C8H16N4O2/c1-4-7(5(13)2-9)8(12-11-4)6(14)3-10/h5-6,13-14H,2-3,9-10H2,1H3,(H,11,12). The maximum Gasteiger partial charge on any atom is 0.110 e. The highest BCUT2D eigenvalue weighted by atomic mass is 16.3. The van der Waals surface area contributed by atoms with Crippen molar-refractivity contribution < 1.29 is 10.2 Å². The van der Waals surface area contributed by atoms with E-state index in [2.05, 4.69) is 10.2 Å². The molecule has 1 heterocycles. The molecule has 1 aromatic rings. The predicted molar refractivity (Wildman–Crippen MR) is 51.4 cm³/mol. The molecule has 0 saturated carbocycles. The van der Waals surface area contributed by atoms with Crippen molar-refractivity contribution in [1.82, 2.24) is 10.2 Å². The maximum absolute atomic E-state index is 9.59. The third-order valence-corrected chi connectivity index (χ3v) is 2.12. The summed E-state index contributed by atoms with van der Waals surface area (Å²) in [6.45, 7) is 1.91. The number of aliphatic hydroxyl groups is 2. The molecule has 0 aromatic carbocycles. The van der Waals surface area contributed by atoms with Crippen LogP contribution in [-0.2, 0) is 0 Å². The third-order valence-electron chi connectivity index (χ3n) is 2.12. The summed E-state index contributed by atoms with van der Waals surface area (Å²) in [7, 11) is 0. The van der Waals surface area contributed by atoms with Crippen LogP contribution in [-0.4, -0.2) is 33.5 Å². The molecule has 2 unspecified atom stereocenters. The van der Waals surface area contributed by atoms with Gasteiger partial charge in [-0.25, -0.2) is 0 Å². The molecule has 0 aliphatic carbocycles. The molecule has 0 saturated heterocycles. The molecule has 80 valence electrons. The van der Waals surface area contributed by atoms with Gasteiger partial charge in [0.1, 0.15) is 6.10 Å². The highest BCUT2D eigenvalue weighted by Gasteiger charge is 2.21. The predicted octanol–water partition coefficient (Wildman–Crippen LogP) is -1.30. The largest absolute Gasteiger partial charge is 0.387 e. The molecule has 0 aliphatic rings. The minimum absolute atomic E-state index is 0.0641. The van der Waals surface area contributed by atoms with Crippen LogP contribution < -0.4 is 11.5 Å². The van der Waals surface area contributed by atoms with Crippen LogP contribution in [0.4, 0.5) is 0 Å².